The summed E-state index contributed by atoms with van der Waals surface area (Å²) in [5.41, 5.74) is 5.16. The monoisotopic (exact) mass is 222 g/mol. The first-order valence-electron chi connectivity index (χ1n) is 4.56. The number of nitrogens with two attached hydrogens (primary N) is 1. The number of hydrogen-bond acceptors (Lipinski definition) is 4. The van der Waals surface area contributed by atoms with E-state index in [9.17, 15) is 19.7 Å². The molecule has 0 fully saturated rings. The van der Waals surface area contributed by atoms with Crippen molar-refractivity contribution in [3.63, 3.8) is 0 Å². The van der Waals surface area contributed by atoms with Crippen LogP contribution in [0.4, 0.5) is 5.69 Å². The second-order valence-electron chi connectivity index (χ2n) is 3.19. The predicted molar refractivity (Wildman–Crippen MR) is 55.9 cm³/mol. The van der Waals surface area contributed by atoms with Crippen LogP contribution >= 0.6 is 0 Å². The Bertz CT molecular complexity index is 425. The van der Waals surface area contributed by atoms with Gasteiger partial charge in [-0.1, -0.05) is 0 Å². The average molecular weight is 222 g/mol. The molecule has 0 radical (unpaired) electrons. The molecule has 0 aromatic heterocycles. The number of carbonyl (C=O) groups excluding carboxylic acids is 2. The molecule has 0 aliphatic heterocycles. The zero-order valence-corrected chi connectivity index (χ0v) is 8.38. The van der Waals surface area contributed by atoms with E-state index >= 15 is 0 Å². The van der Waals surface area contributed by atoms with Crippen LogP contribution in [0.15, 0.2) is 24.3 Å². The molecular formula is C10H10N2O4. The molecule has 0 heterocycles. The first-order valence-corrected chi connectivity index (χ1v) is 4.56. The van der Waals surface area contributed by atoms with E-state index < -0.39 is 10.8 Å². The molecule has 1 aromatic carbocycles. The SMILES string of the molecule is NC(=O)CCC(=O)c1ccc([N+](=O)[O-])cc1. The number of hydrogen-bond donors (Lipinski definition) is 1. The lowest BCUT2D eigenvalue weighted by molar-refractivity contribution is -0.384. The van der Waals surface area contributed by atoms with Gasteiger partial charge >= 0.3 is 0 Å². The summed E-state index contributed by atoms with van der Waals surface area (Å²) < 4.78 is 0. The molecular weight excluding hydrogens is 212 g/mol. The molecule has 1 amide bonds. The zero-order valence-electron chi connectivity index (χ0n) is 8.38. The molecule has 0 aliphatic carbocycles. The van der Waals surface area contributed by atoms with Gasteiger partial charge < -0.3 is 5.73 Å². The predicted octanol–water partition coefficient (Wildman–Crippen LogP) is 1.04. The highest BCUT2D eigenvalue weighted by atomic mass is 16.6. The highest BCUT2D eigenvalue weighted by Gasteiger charge is 2.10. The highest BCUT2D eigenvalue weighted by Crippen LogP contribution is 2.13. The van der Waals surface area contributed by atoms with Gasteiger partial charge in [0.2, 0.25) is 5.91 Å². The van der Waals surface area contributed by atoms with Gasteiger partial charge in [0.15, 0.2) is 5.78 Å². The Balaban J connectivity index is 2.70. The first kappa shape index (κ1) is 11.8. The summed E-state index contributed by atoms with van der Waals surface area (Å²) in [6, 6.07) is 5.22. The highest BCUT2D eigenvalue weighted by molar-refractivity contribution is 5.97. The maximum absolute atomic E-state index is 11.5. The number of amides is 1. The van der Waals surface area contributed by atoms with Gasteiger partial charge in [0, 0.05) is 30.5 Å². The first-order chi connectivity index (χ1) is 7.50. The third kappa shape index (κ3) is 3.16. The number of nitrogens with zero attached hydrogens (tertiary/aromatic N) is 1. The molecule has 6 heteroatoms. The van der Waals surface area contributed by atoms with Crippen LogP contribution in [-0.2, 0) is 4.79 Å². The number of rotatable bonds is 5. The Hall–Kier alpha value is -2.24. The number of Topliss-reactive ketones (excluding diaryl/α,β-unsaturated/α-hetero) is 1. The van der Waals surface area contributed by atoms with Gasteiger partial charge in [0.25, 0.3) is 5.69 Å². The standard InChI is InChI=1S/C10H10N2O4/c11-10(14)6-5-9(13)7-1-3-8(4-2-7)12(15)16/h1-4H,5-6H2,(H2,11,14). The number of nitro groups is 1. The Morgan fingerprint density at radius 2 is 1.75 bits per heavy atom. The number of non-ortho nitro benzene ring substituents is 1. The molecule has 0 spiro atoms. The fourth-order valence-electron chi connectivity index (χ4n) is 1.15. The van der Waals surface area contributed by atoms with Gasteiger partial charge in [-0.25, -0.2) is 0 Å². The second-order valence-corrected chi connectivity index (χ2v) is 3.19. The summed E-state index contributed by atoms with van der Waals surface area (Å²) in [5.74, 6) is -0.802. The minimum absolute atomic E-state index is 0.0180. The van der Waals surface area contributed by atoms with Crippen molar-refractivity contribution in [3.05, 3.63) is 39.9 Å². The normalized spacial score (nSPS) is 9.75. The molecule has 84 valence electrons. The van der Waals surface area contributed by atoms with E-state index in [1.165, 1.54) is 24.3 Å². The Kier molecular flexibility index (Phi) is 3.71. The number of primary amides is 1. The molecule has 1 aromatic rings. The van der Waals surface area contributed by atoms with Crippen molar-refractivity contribution < 1.29 is 14.5 Å². The van der Waals surface area contributed by atoms with E-state index in [-0.39, 0.29) is 24.3 Å². The molecule has 0 saturated heterocycles. The van der Waals surface area contributed by atoms with Crippen LogP contribution in [-0.4, -0.2) is 16.6 Å². The van der Waals surface area contributed by atoms with Crippen molar-refractivity contribution in [1.82, 2.24) is 0 Å². The third-order valence-electron chi connectivity index (χ3n) is 2.00. The van der Waals surface area contributed by atoms with Gasteiger partial charge in [0.1, 0.15) is 0 Å². The fraction of sp³-hybridized carbons (Fsp3) is 0.200. The second kappa shape index (κ2) is 5.01. The lowest BCUT2D eigenvalue weighted by Crippen LogP contribution is -2.12. The van der Waals surface area contributed by atoms with Crippen LogP contribution in [0.5, 0.6) is 0 Å². The number of benzene rings is 1. The summed E-state index contributed by atoms with van der Waals surface area (Å²) in [6.45, 7) is 0. The zero-order chi connectivity index (χ0) is 12.1. The third-order valence-corrected chi connectivity index (χ3v) is 2.00. The minimum atomic E-state index is -0.546. The van der Waals surface area contributed by atoms with Crippen molar-refractivity contribution >= 4 is 17.4 Å². The van der Waals surface area contributed by atoms with E-state index in [1.807, 2.05) is 0 Å². The molecule has 0 unspecified atom stereocenters. The Labute approximate surface area is 91.2 Å². The molecule has 1 rings (SSSR count). The fourth-order valence-corrected chi connectivity index (χ4v) is 1.15. The summed E-state index contributed by atoms with van der Waals surface area (Å²) in [6.07, 6.45) is 0.00294. The molecule has 2 N–H and O–H groups in total. The van der Waals surface area contributed by atoms with Gasteiger partial charge in [-0.3, -0.25) is 19.7 Å². The average Bonchev–Trinajstić information content (AvgIpc) is 2.26. The van der Waals surface area contributed by atoms with E-state index in [0.717, 1.165) is 0 Å². The van der Waals surface area contributed by atoms with Crippen molar-refractivity contribution in [1.29, 1.82) is 0 Å². The number of nitro benzene ring substituents is 1. The van der Waals surface area contributed by atoms with Crippen molar-refractivity contribution in [2.24, 2.45) is 5.73 Å². The minimum Gasteiger partial charge on any atom is -0.370 e. The van der Waals surface area contributed by atoms with Gasteiger partial charge in [-0.2, -0.15) is 0 Å². The maximum Gasteiger partial charge on any atom is 0.269 e. The van der Waals surface area contributed by atoms with Crippen molar-refractivity contribution in [2.75, 3.05) is 0 Å². The number of carbonyl (C=O) groups is 2. The van der Waals surface area contributed by atoms with Crippen LogP contribution in [0.3, 0.4) is 0 Å². The summed E-state index contributed by atoms with van der Waals surface area (Å²) in [5, 5.41) is 10.4. The largest absolute Gasteiger partial charge is 0.370 e. The van der Waals surface area contributed by atoms with Gasteiger partial charge in [-0.05, 0) is 12.1 Å². The van der Waals surface area contributed by atoms with E-state index in [2.05, 4.69) is 0 Å². The Morgan fingerprint density at radius 3 is 2.19 bits per heavy atom. The molecule has 0 aliphatic rings. The topological polar surface area (TPSA) is 103 Å². The van der Waals surface area contributed by atoms with Gasteiger partial charge in [0.05, 0.1) is 4.92 Å². The molecule has 0 atom stereocenters. The van der Waals surface area contributed by atoms with Crippen LogP contribution in [0.2, 0.25) is 0 Å². The van der Waals surface area contributed by atoms with Crippen molar-refractivity contribution in [2.45, 2.75) is 12.8 Å². The Morgan fingerprint density at radius 1 is 1.19 bits per heavy atom. The van der Waals surface area contributed by atoms with E-state index in [0.29, 0.717) is 5.56 Å². The van der Waals surface area contributed by atoms with Crippen molar-refractivity contribution in [3.8, 4) is 0 Å². The lowest BCUT2D eigenvalue weighted by atomic mass is 10.1. The summed E-state index contributed by atoms with van der Waals surface area (Å²) >= 11 is 0. The molecule has 0 saturated carbocycles. The van der Waals surface area contributed by atoms with Crippen LogP contribution in [0.25, 0.3) is 0 Å². The van der Waals surface area contributed by atoms with Crippen LogP contribution in [0.1, 0.15) is 23.2 Å². The van der Waals surface area contributed by atoms with Crippen LogP contribution < -0.4 is 5.73 Å². The summed E-state index contributed by atoms with van der Waals surface area (Å²) in [7, 11) is 0. The quantitative estimate of drug-likeness (QED) is 0.456. The number of ketones is 1. The molecule has 0 bridgehead atoms. The smallest absolute Gasteiger partial charge is 0.269 e. The molecule has 6 nitrogen and oxygen atoms in total. The van der Waals surface area contributed by atoms with Crippen LogP contribution in [0, 0.1) is 10.1 Å². The lowest BCUT2D eigenvalue weighted by Gasteiger charge is -1.98. The summed E-state index contributed by atoms with van der Waals surface area (Å²) in [4.78, 5) is 31.7. The molecule has 16 heavy (non-hydrogen) atoms. The van der Waals surface area contributed by atoms with Gasteiger partial charge in [-0.15, -0.1) is 0 Å². The van der Waals surface area contributed by atoms with E-state index in [4.69, 9.17) is 5.73 Å². The van der Waals surface area contributed by atoms with E-state index in [1.54, 1.807) is 0 Å². The maximum atomic E-state index is 11.5.